The van der Waals surface area contributed by atoms with Gasteiger partial charge in [0.1, 0.15) is 11.6 Å². The van der Waals surface area contributed by atoms with Gasteiger partial charge in [-0.3, -0.25) is 0 Å². The molecular weight excluding hydrogens is 327 g/mol. The number of nitrogens with zero attached hydrogens (tertiary/aromatic N) is 2. The van der Waals surface area contributed by atoms with Crippen molar-refractivity contribution in [1.29, 1.82) is 0 Å². The van der Waals surface area contributed by atoms with Gasteiger partial charge in [-0.2, -0.15) is 0 Å². The lowest BCUT2D eigenvalue weighted by Gasteiger charge is -2.11. The number of hydrogen-bond donors (Lipinski definition) is 0. The Kier molecular flexibility index (Phi) is 3.90. The van der Waals surface area contributed by atoms with Gasteiger partial charge < -0.3 is 9.64 Å². The second-order valence-corrected chi connectivity index (χ2v) is 6.73. The Bertz CT molecular complexity index is 903. The highest BCUT2D eigenvalue weighted by Gasteiger charge is 2.17. The molecule has 0 bridgehead atoms. The Morgan fingerprint density at radius 2 is 2.00 bits per heavy atom. The van der Waals surface area contributed by atoms with Crippen molar-refractivity contribution in [3.63, 3.8) is 0 Å². The van der Waals surface area contributed by atoms with Crippen LogP contribution in [0.15, 0.2) is 42.5 Å². The summed E-state index contributed by atoms with van der Waals surface area (Å²) in [4.78, 5) is 19.0. The quantitative estimate of drug-likeness (QED) is 0.527. The first-order valence-corrected chi connectivity index (χ1v) is 8.64. The van der Waals surface area contributed by atoms with Crippen molar-refractivity contribution in [3.8, 4) is 5.75 Å². The molecule has 0 unspecified atom stereocenters. The molecule has 0 saturated carbocycles. The van der Waals surface area contributed by atoms with Crippen LogP contribution >= 0.6 is 11.3 Å². The van der Waals surface area contributed by atoms with Gasteiger partial charge in [0, 0.05) is 19.2 Å². The number of ether oxygens (including phenoxy) is 1. The number of carbonyl (C=O) groups excluding carboxylic acids is 1. The van der Waals surface area contributed by atoms with Crippen molar-refractivity contribution >= 4 is 32.7 Å². The summed E-state index contributed by atoms with van der Waals surface area (Å²) in [6.45, 7) is 2.09. The van der Waals surface area contributed by atoms with Crippen molar-refractivity contribution in [2.24, 2.45) is 0 Å². The van der Waals surface area contributed by atoms with Gasteiger partial charge in [-0.25, -0.2) is 14.2 Å². The summed E-state index contributed by atoms with van der Waals surface area (Å²) in [5, 5.41) is 1.01. The van der Waals surface area contributed by atoms with Crippen LogP contribution in [0.5, 0.6) is 5.75 Å². The summed E-state index contributed by atoms with van der Waals surface area (Å²) < 4.78 is 19.5. The fraction of sp³-hybridized carbons (Fsp3) is 0.222. The standard InChI is InChI=1S/C18H15FN2O2S/c19-13-5-3-4-12(10-13)17(22)23-14-6-7-15-16(11-14)24-18(20-15)21-8-1-2-9-21/h3-7,10-11H,1-2,8-9H2. The van der Waals surface area contributed by atoms with E-state index in [4.69, 9.17) is 4.74 Å². The molecule has 0 amide bonds. The lowest BCUT2D eigenvalue weighted by molar-refractivity contribution is 0.0734. The second kappa shape index (κ2) is 6.20. The van der Waals surface area contributed by atoms with Crippen LogP contribution in [0.1, 0.15) is 23.2 Å². The number of anilines is 1. The van der Waals surface area contributed by atoms with E-state index in [2.05, 4.69) is 9.88 Å². The summed E-state index contributed by atoms with van der Waals surface area (Å²) in [5.74, 6) is -0.593. The number of thiazole rings is 1. The first-order valence-electron chi connectivity index (χ1n) is 7.82. The first-order chi connectivity index (χ1) is 11.7. The average molecular weight is 342 g/mol. The van der Waals surface area contributed by atoms with Crippen LogP contribution in [0.2, 0.25) is 0 Å². The summed E-state index contributed by atoms with van der Waals surface area (Å²) in [6, 6.07) is 10.8. The molecule has 0 spiro atoms. The Labute approximate surface area is 142 Å². The highest BCUT2D eigenvalue weighted by atomic mass is 32.1. The molecule has 4 rings (SSSR count). The highest BCUT2D eigenvalue weighted by Crippen LogP contribution is 2.33. The molecule has 0 aliphatic carbocycles. The number of aromatic nitrogens is 1. The second-order valence-electron chi connectivity index (χ2n) is 5.72. The van der Waals surface area contributed by atoms with E-state index in [1.165, 1.54) is 37.1 Å². The minimum atomic E-state index is -0.571. The summed E-state index contributed by atoms with van der Waals surface area (Å²) in [5.41, 5.74) is 1.09. The van der Waals surface area contributed by atoms with Gasteiger partial charge >= 0.3 is 5.97 Å². The van der Waals surface area contributed by atoms with Gasteiger partial charge in [-0.05, 0) is 43.2 Å². The minimum absolute atomic E-state index is 0.192. The van der Waals surface area contributed by atoms with E-state index < -0.39 is 11.8 Å². The zero-order valence-electron chi connectivity index (χ0n) is 12.9. The lowest BCUT2D eigenvalue weighted by atomic mass is 10.2. The number of esters is 1. The van der Waals surface area contributed by atoms with Crippen LogP contribution in [0.25, 0.3) is 10.2 Å². The zero-order chi connectivity index (χ0) is 16.5. The normalized spacial score (nSPS) is 14.3. The van der Waals surface area contributed by atoms with E-state index in [1.807, 2.05) is 12.1 Å². The maximum absolute atomic E-state index is 13.2. The molecular formula is C18H15FN2O2S. The maximum Gasteiger partial charge on any atom is 0.343 e. The monoisotopic (exact) mass is 342 g/mol. The van der Waals surface area contributed by atoms with Gasteiger partial charge in [0.25, 0.3) is 0 Å². The minimum Gasteiger partial charge on any atom is -0.423 e. The van der Waals surface area contributed by atoms with Gasteiger partial charge in [0.15, 0.2) is 5.13 Å². The Balaban J connectivity index is 1.57. The molecule has 0 atom stereocenters. The fourth-order valence-electron chi connectivity index (χ4n) is 2.78. The molecule has 4 nitrogen and oxygen atoms in total. The largest absolute Gasteiger partial charge is 0.423 e. The molecule has 1 saturated heterocycles. The van der Waals surface area contributed by atoms with Gasteiger partial charge in [-0.1, -0.05) is 17.4 Å². The van der Waals surface area contributed by atoms with Crippen molar-refractivity contribution in [2.45, 2.75) is 12.8 Å². The van der Waals surface area contributed by atoms with Crippen LogP contribution in [0.4, 0.5) is 9.52 Å². The van der Waals surface area contributed by atoms with E-state index in [1.54, 1.807) is 17.4 Å². The zero-order valence-corrected chi connectivity index (χ0v) is 13.7. The molecule has 0 radical (unpaired) electrons. The molecule has 24 heavy (non-hydrogen) atoms. The molecule has 3 aromatic rings. The Morgan fingerprint density at radius 3 is 2.79 bits per heavy atom. The SMILES string of the molecule is O=C(Oc1ccc2nc(N3CCCC3)sc2c1)c1cccc(F)c1. The third-order valence-corrected chi connectivity index (χ3v) is 5.08. The number of fused-ring (bicyclic) bond motifs is 1. The van der Waals surface area contributed by atoms with E-state index >= 15 is 0 Å². The van der Waals surface area contributed by atoms with Crippen LogP contribution in [-0.2, 0) is 0 Å². The first kappa shape index (κ1) is 15.1. The molecule has 1 aliphatic rings. The average Bonchev–Trinajstić information content (AvgIpc) is 3.23. The van der Waals surface area contributed by atoms with Crippen LogP contribution < -0.4 is 9.64 Å². The van der Waals surface area contributed by atoms with Gasteiger partial charge in [-0.15, -0.1) is 0 Å². The summed E-state index contributed by atoms with van der Waals surface area (Å²) >= 11 is 1.60. The number of benzene rings is 2. The van der Waals surface area contributed by atoms with Crippen molar-refractivity contribution in [1.82, 2.24) is 4.98 Å². The molecule has 122 valence electrons. The Hall–Kier alpha value is -2.47. The number of halogens is 1. The van der Waals surface area contributed by atoms with Gasteiger partial charge in [0.2, 0.25) is 0 Å². The molecule has 2 heterocycles. The van der Waals surface area contributed by atoms with E-state index in [0.717, 1.165) is 28.4 Å². The fourth-order valence-corrected chi connectivity index (χ4v) is 3.83. The number of carbonyl (C=O) groups is 1. The molecule has 1 aromatic heterocycles. The predicted molar refractivity (Wildman–Crippen MR) is 92.4 cm³/mol. The maximum atomic E-state index is 13.2. The number of hydrogen-bond acceptors (Lipinski definition) is 5. The number of rotatable bonds is 3. The van der Waals surface area contributed by atoms with Crippen molar-refractivity contribution in [3.05, 3.63) is 53.8 Å². The van der Waals surface area contributed by atoms with E-state index in [-0.39, 0.29) is 5.56 Å². The third-order valence-electron chi connectivity index (χ3n) is 4.00. The van der Waals surface area contributed by atoms with Gasteiger partial charge in [0.05, 0.1) is 15.8 Å². The Morgan fingerprint density at radius 1 is 1.17 bits per heavy atom. The van der Waals surface area contributed by atoms with Crippen LogP contribution in [0.3, 0.4) is 0 Å². The smallest absolute Gasteiger partial charge is 0.343 e. The molecule has 0 N–H and O–H groups in total. The molecule has 1 fully saturated rings. The van der Waals surface area contributed by atoms with Crippen molar-refractivity contribution < 1.29 is 13.9 Å². The van der Waals surface area contributed by atoms with Crippen LogP contribution in [0, 0.1) is 5.82 Å². The van der Waals surface area contributed by atoms with Crippen molar-refractivity contribution in [2.75, 3.05) is 18.0 Å². The van der Waals surface area contributed by atoms with E-state index in [9.17, 15) is 9.18 Å². The topological polar surface area (TPSA) is 42.4 Å². The third kappa shape index (κ3) is 2.97. The predicted octanol–water partition coefficient (Wildman–Crippen LogP) is 4.25. The summed E-state index contributed by atoms with van der Waals surface area (Å²) in [7, 11) is 0. The molecule has 2 aromatic carbocycles. The molecule has 1 aliphatic heterocycles. The van der Waals surface area contributed by atoms with Crippen LogP contribution in [-0.4, -0.2) is 24.0 Å². The highest BCUT2D eigenvalue weighted by molar-refractivity contribution is 7.22. The summed E-state index contributed by atoms with van der Waals surface area (Å²) in [6.07, 6.45) is 2.40. The van der Waals surface area contributed by atoms with E-state index in [0.29, 0.717) is 5.75 Å². The molecule has 6 heteroatoms. The lowest BCUT2D eigenvalue weighted by Crippen LogP contribution is -2.16.